The fraction of sp³-hybridized carbons (Fsp3) is 0.846. The molecule has 12 nitrogen and oxygen atoms in total. The zero-order valence-corrected chi connectivity index (χ0v) is 23.7. The Labute approximate surface area is 229 Å². The van der Waals surface area contributed by atoms with E-state index in [2.05, 4.69) is 23.8 Å². The number of rotatable bonds is 21. The second-order valence-corrected chi connectivity index (χ2v) is 9.13. The minimum atomic E-state index is -2.27. The predicted octanol–water partition coefficient (Wildman–Crippen LogP) is 2.68. The normalized spacial score (nSPS) is 11.6. The Bertz CT molecular complexity index is 559. The summed E-state index contributed by atoms with van der Waals surface area (Å²) in [6.07, 6.45) is 16.5. The Morgan fingerprint density at radius 3 is 0.974 bits per heavy atom. The van der Waals surface area contributed by atoms with Gasteiger partial charge in [0.05, 0.1) is 0 Å². The number of nitrogens with two attached hydrogens (primary N) is 4. The molecule has 0 spiro atoms. The molecule has 38 heavy (non-hydrogen) atoms. The molecule has 0 rings (SSSR count). The Balaban J connectivity index is -0.000000492. The minimum Gasteiger partial charge on any atom is -0.479 e. The Morgan fingerprint density at radius 2 is 0.763 bits per heavy atom. The third-order valence-electron chi connectivity index (χ3n) is 5.42. The summed E-state index contributed by atoms with van der Waals surface area (Å²) >= 11 is 0. The SMILES string of the molecule is CCCCCCCCCCN=C(N)N.CCCCCCCCCCN=C(N)N.O=C(O)[C@H](O)[C@@H](O)C(=O)O. The second kappa shape index (κ2) is 30.6. The van der Waals surface area contributed by atoms with Crippen molar-refractivity contribution in [1.82, 2.24) is 0 Å². The molecule has 12 heteroatoms. The number of aliphatic hydroxyl groups is 2. The van der Waals surface area contributed by atoms with E-state index in [0.717, 1.165) is 25.9 Å². The quantitative estimate of drug-likeness (QED) is 0.0591. The lowest BCUT2D eigenvalue weighted by atomic mass is 10.1. The van der Waals surface area contributed by atoms with E-state index in [9.17, 15) is 9.59 Å². The van der Waals surface area contributed by atoms with Gasteiger partial charge in [0.2, 0.25) is 0 Å². The Hall–Kier alpha value is -2.60. The van der Waals surface area contributed by atoms with Crippen LogP contribution in [-0.2, 0) is 9.59 Å². The minimum absolute atomic E-state index is 0.216. The van der Waals surface area contributed by atoms with E-state index >= 15 is 0 Å². The maximum atomic E-state index is 9.77. The molecular formula is C26H56N6O6. The van der Waals surface area contributed by atoms with Gasteiger partial charge in [-0.25, -0.2) is 9.59 Å². The lowest BCUT2D eigenvalue weighted by molar-refractivity contribution is -0.165. The van der Waals surface area contributed by atoms with Crippen LogP contribution in [0.25, 0.3) is 0 Å². The molecule has 12 N–H and O–H groups in total. The fourth-order valence-electron chi connectivity index (χ4n) is 3.18. The zero-order chi connectivity index (χ0) is 29.6. The van der Waals surface area contributed by atoms with Crippen LogP contribution in [0.4, 0.5) is 0 Å². The highest BCUT2D eigenvalue weighted by Crippen LogP contribution is 2.09. The predicted molar refractivity (Wildman–Crippen MR) is 154 cm³/mol. The number of aliphatic hydroxyl groups excluding tert-OH is 2. The first kappa shape index (κ1) is 39.9. The fourth-order valence-corrected chi connectivity index (χ4v) is 3.18. The topological polar surface area (TPSA) is 244 Å². The maximum absolute atomic E-state index is 9.77. The van der Waals surface area contributed by atoms with E-state index < -0.39 is 24.1 Å². The molecular weight excluding hydrogens is 492 g/mol. The molecule has 0 bridgehead atoms. The van der Waals surface area contributed by atoms with E-state index in [4.69, 9.17) is 43.4 Å². The van der Waals surface area contributed by atoms with Gasteiger partial charge in [0, 0.05) is 13.1 Å². The highest BCUT2D eigenvalue weighted by atomic mass is 16.4. The number of carbonyl (C=O) groups is 2. The third kappa shape index (κ3) is 35.6. The maximum Gasteiger partial charge on any atom is 0.335 e. The number of nitrogens with zero attached hydrogens (tertiary/aromatic N) is 2. The molecule has 0 aliphatic carbocycles. The number of carboxylic acid groups (broad SMARTS) is 2. The van der Waals surface area contributed by atoms with Crippen molar-refractivity contribution < 1.29 is 30.0 Å². The number of aliphatic carboxylic acids is 2. The van der Waals surface area contributed by atoms with Crippen molar-refractivity contribution in [1.29, 1.82) is 0 Å². The van der Waals surface area contributed by atoms with Crippen LogP contribution in [0.2, 0.25) is 0 Å². The number of hydrogen-bond donors (Lipinski definition) is 8. The number of hydrogen-bond acceptors (Lipinski definition) is 6. The van der Waals surface area contributed by atoms with Gasteiger partial charge < -0.3 is 43.4 Å². The van der Waals surface area contributed by atoms with E-state index in [1.54, 1.807) is 0 Å². The number of aliphatic imine (C=N–C) groups is 2. The summed E-state index contributed by atoms with van der Waals surface area (Å²) in [4.78, 5) is 27.4. The van der Waals surface area contributed by atoms with Crippen LogP contribution in [0, 0.1) is 0 Å². The molecule has 0 saturated heterocycles. The van der Waals surface area contributed by atoms with Crippen molar-refractivity contribution in [2.45, 2.75) is 129 Å². The van der Waals surface area contributed by atoms with Crippen LogP contribution in [0.15, 0.2) is 9.98 Å². The zero-order valence-electron chi connectivity index (χ0n) is 23.7. The number of guanidine groups is 2. The Morgan fingerprint density at radius 1 is 0.526 bits per heavy atom. The van der Waals surface area contributed by atoms with Gasteiger partial charge in [-0.2, -0.15) is 0 Å². The van der Waals surface area contributed by atoms with E-state index in [-0.39, 0.29) is 11.9 Å². The summed E-state index contributed by atoms with van der Waals surface area (Å²) in [5, 5.41) is 32.5. The first-order valence-corrected chi connectivity index (χ1v) is 13.9. The van der Waals surface area contributed by atoms with E-state index in [1.165, 1.54) is 89.9 Å². The van der Waals surface area contributed by atoms with Crippen molar-refractivity contribution in [3.8, 4) is 0 Å². The molecule has 0 saturated carbocycles. The largest absolute Gasteiger partial charge is 0.479 e. The van der Waals surface area contributed by atoms with Gasteiger partial charge in [-0.05, 0) is 12.8 Å². The van der Waals surface area contributed by atoms with Gasteiger partial charge in [0.15, 0.2) is 24.1 Å². The molecule has 226 valence electrons. The summed E-state index contributed by atoms with van der Waals surface area (Å²) in [6, 6.07) is 0. The van der Waals surface area contributed by atoms with Crippen molar-refractivity contribution in [3.05, 3.63) is 0 Å². The molecule has 2 atom stereocenters. The highest BCUT2D eigenvalue weighted by molar-refractivity contribution is 5.83. The standard InChI is InChI=1S/2C11H25N3.C4H6O6/c2*1-2-3-4-5-6-7-8-9-10-14-11(12)13;5-1(3(7)8)2(6)4(9)10/h2*2-10H2,1H3,(H4,12,13,14);1-2,5-6H,(H,7,8)(H,9,10)/t;;1-,2-/m..1/s1. The van der Waals surface area contributed by atoms with Crippen LogP contribution in [-0.4, -0.2) is 69.6 Å². The molecule has 0 heterocycles. The molecule has 0 radical (unpaired) electrons. The van der Waals surface area contributed by atoms with Gasteiger partial charge in [-0.3, -0.25) is 9.98 Å². The number of unbranched alkanes of at least 4 members (excludes halogenated alkanes) is 14. The van der Waals surface area contributed by atoms with Crippen molar-refractivity contribution in [3.63, 3.8) is 0 Å². The first-order valence-electron chi connectivity index (χ1n) is 13.9. The summed E-state index contributed by atoms with van der Waals surface area (Å²) in [5.74, 6) is -3.11. The van der Waals surface area contributed by atoms with E-state index in [1.807, 2.05) is 0 Å². The molecule has 0 fully saturated rings. The van der Waals surface area contributed by atoms with Gasteiger partial charge in [-0.1, -0.05) is 104 Å². The van der Waals surface area contributed by atoms with Crippen LogP contribution >= 0.6 is 0 Å². The molecule has 0 unspecified atom stereocenters. The van der Waals surface area contributed by atoms with Crippen molar-refractivity contribution >= 4 is 23.9 Å². The van der Waals surface area contributed by atoms with Gasteiger partial charge in [0.1, 0.15) is 0 Å². The van der Waals surface area contributed by atoms with Crippen LogP contribution < -0.4 is 22.9 Å². The summed E-state index contributed by atoms with van der Waals surface area (Å²) in [6.45, 7) is 6.07. The van der Waals surface area contributed by atoms with E-state index in [0.29, 0.717) is 0 Å². The van der Waals surface area contributed by atoms with Crippen LogP contribution in [0.1, 0.15) is 117 Å². The highest BCUT2D eigenvalue weighted by Gasteiger charge is 2.29. The average Bonchev–Trinajstić information content (AvgIpc) is 2.86. The van der Waals surface area contributed by atoms with Crippen molar-refractivity contribution in [2.24, 2.45) is 32.9 Å². The smallest absolute Gasteiger partial charge is 0.335 e. The Kier molecular flexibility index (Phi) is 32.2. The molecule has 0 aromatic rings. The third-order valence-corrected chi connectivity index (χ3v) is 5.42. The molecule has 0 aromatic carbocycles. The summed E-state index contributed by atoms with van der Waals surface area (Å²) in [7, 11) is 0. The molecule has 0 aliphatic heterocycles. The second-order valence-electron chi connectivity index (χ2n) is 9.13. The molecule has 0 aromatic heterocycles. The lowest BCUT2D eigenvalue weighted by Crippen LogP contribution is -2.39. The number of carboxylic acids is 2. The summed E-state index contributed by atoms with van der Waals surface area (Å²) in [5.41, 5.74) is 20.9. The van der Waals surface area contributed by atoms with Crippen LogP contribution in [0.5, 0.6) is 0 Å². The van der Waals surface area contributed by atoms with Crippen LogP contribution in [0.3, 0.4) is 0 Å². The average molecular weight is 549 g/mol. The first-order chi connectivity index (χ1) is 18.0. The van der Waals surface area contributed by atoms with Gasteiger partial charge >= 0.3 is 11.9 Å². The molecule has 0 aliphatic rings. The van der Waals surface area contributed by atoms with Crippen molar-refractivity contribution in [2.75, 3.05) is 13.1 Å². The lowest BCUT2D eigenvalue weighted by Gasteiger charge is -2.07. The van der Waals surface area contributed by atoms with Gasteiger partial charge in [-0.15, -0.1) is 0 Å². The van der Waals surface area contributed by atoms with Gasteiger partial charge in [0.25, 0.3) is 0 Å². The monoisotopic (exact) mass is 548 g/mol. The molecule has 0 amide bonds. The summed E-state index contributed by atoms with van der Waals surface area (Å²) < 4.78 is 0.